The van der Waals surface area contributed by atoms with Gasteiger partial charge >= 0.3 is 6.09 Å². The first kappa shape index (κ1) is 31.7. The third-order valence-electron chi connectivity index (χ3n) is 5.38. The normalized spacial score (nSPS) is 12.8. The molecule has 9 nitrogen and oxygen atoms in total. The lowest BCUT2D eigenvalue weighted by molar-refractivity contribution is -0.143. The minimum Gasteiger partial charge on any atom is -0.444 e. The zero-order chi connectivity index (χ0) is 28.2. The maximum atomic E-state index is 14.0. The summed E-state index contributed by atoms with van der Waals surface area (Å²) in [7, 11) is 0. The van der Waals surface area contributed by atoms with Gasteiger partial charge < -0.3 is 26.0 Å². The van der Waals surface area contributed by atoms with Crippen molar-refractivity contribution in [1.82, 2.24) is 15.5 Å². The van der Waals surface area contributed by atoms with E-state index >= 15 is 0 Å². The van der Waals surface area contributed by atoms with Crippen LogP contribution < -0.4 is 16.4 Å². The fourth-order valence-electron chi connectivity index (χ4n) is 3.82. The Kier molecular flexibility index (Phi) is 12.9. The van der Waals surface area contributed by atoms with Gasteiger partial charge in [0.1, 0.15) is 17.7 Å². The molecule has 0 saturated heterocycles. The molecular weight excluding hydrogens is 472 g/mol. The van der Waals surface area contributed by atoms with Gasteiger partial charge in [0, 0.05) is 12.6 Å². The quantitative estimate of drug-likeness (QED) is 0.321. The Bertz CT molecular complexity index is 939. The largest absolute Gasteiger partial charge is 0.444 e. The molecule has 0 spiro atoms. The average Bonchev–Trinajstić information content (AvgIpc) is 2.78. The SMILES string of the molecule is C=Cc1cccc(C(C(=O)NC(C)C)N(CCCCCC)C(=O)C(CC(N)=O)NC(=O)OC(C)(C)C)c1. The number of nitrogens with zero attached hydrogens (tertiary/aromatic N) is 1. The molecule has 0 aliphatic rings. The van der Waals surface area contributed by atoms with Gasteiger partial charge in [0.2, 0.25) is 17.7 Å². The monoisotopic (exact) mass is 516 g/mol. The minimum absolute atomic E-state index is 0.170. The van der Waals surface area contributed by atoms with Crippen molar-refractivity contribution in [2.45, 2.75) is 97.4 Å². The molecular formula is C28H44N4O5. The van der Waals surface area contributed by atoms with Crippen LogP contribution in [0.1, 0.15) is 90.8 Å². The second-order valence-corrected chi connectivity index (χ2v) is 10.4. The number of hydrogen-bond donors (Lipinski definition) is 3. The number of hydrogen-bond acceptors (Lipinski definition) is 5. The molecule has 1 aromatic rings. The first-order valence-electron chi connectivity index (χ1n) is 12.9. The van der Waals surface area contributed by atoms with Crippen LogP contribution in [0, 0.1) is 0 Å². The molecule has 0 fully saturated rings. The van der Waals surface area contributed by atoms with Crippen LogP contribution in [0.15, 0.2) is 30.8 Å². The van der Waals surface area contributed by atoms with Crippen molar-refractivity contribution in [2.24, 2.45) is 5.73 Å². The summed E-state index contributed by atoms with van der Waals surface area (Å²) in [6, 6.07) is 4.75. The zero-order valence-corrected chi connectivity index (χ0v) is 23.1. The van der Waals surface area contributed by atoms with Gasteiger partial charge in [0.25, 0.3) is 0 Å². The predicted molar refractivity (Wildman–Crippen MR) is 145 cm³/mol. The van der Waals surface area contributed by atoms with E-state index in [0.29, 0.717) is 12.0 Å². The molecule has 206 valence electrons. The molecule has 0 radical (unpaired) electrons. The highest BCUT2D eigenvalue weighted by Crippen LogP contribution is 2.25. The summed E-state index contributed by atoms with van der Waals surface area (Å²) in [5, 5.41) is 5.40. The van der Waals surface area contributed by atoms with Crippen molar-refractivity contribution in [1.29, 1.82) is 0 Å². The van der Waals surface area contributed by atoms with Gasteiger partial charge in [-0.25, -0.2) is 4.79 Å². The van der Waals surface area contributed by atoms with E-state index in [1.807, 2.05) is 19.9 Å². The van der Waals surface area contributed by atoms with E-state index in [2.05, 4.69) is 24.1 Å². The molecule has 1 aromatic carbocycles. The summed E-state index contributed by atoms with van der Waals surface area (Å²) in [6.07, 6.45) is 3.83. The smallest absolute Gasteiger partial charge is 0.408 e. The molecule has 0 aliphatic carbocycles. The number of unbranched alkanes of at least 4 members (excludes halogenated alkanes) is 3. The van der Waals surface area contributed by atoms with Crippen LogP contribution in [-0.4, -0.2) is 52.9 Å². The van der Waals surface area contributed by atoms with E-state index in [1.165, 1.54) is 4.90 Å². The lowest BCUT2D eigenvalue weighted by atomic mass is 9.99. The number of amides is 4. The van der Waals surface area contributed by atoms with E-state index in [-0.39, 0.29) is 18.5 Å². The van der Waals surface area contributed by atoms with Crippen LogP contribution in [-0.2, 0) is 19.1 Å². The number of rotatable bonds is 14. The molecule has 9 heteroatoms. The lowest BCUT2D eigenvalue weighted by Gasteiger charge is -2.35. The Morgan fingerprint density at radius 2 is 1.78 bits per heavy atom. The number of nitrogens with two attached hydrogens (primary N) is 1. The van der Waals surface area contributed by atoms with E-state index in [1.54, 1.807) is 45.0 Å². The van der Waals surface area contributed by atoms with Gasteiger partial charge in [-0.05, 0) is 58.2 Å². The van der Waals surface area contributed by atoms with Gasteiger partial charge in [-0.3, -0.25) is 14.4 Å². The average molecular weight is 517 g/mol. The molecule has 2 unspecified atom stereocenters. The van der Waals surface area contributed by atoms with Crippen LogP contribution in [0.4, 0.5) is 4.79 Å². The second-order valence-electron chi connectivity index (χ2n) is 10.4. The number of alkyl carbamates (subject to hydrolysis) is 1. The van der Waals surface area contributed by atoms with E-state index < -0.39 is 42.0 Å². The molecule has 4 amide bonds. The number of benzene rings is 1. The Balaban J connectivity index is 3.53. The molecule has 4 N–H and O–H groups in total. The molecule has 0 bridgehead atoms. The van der Waals surface area contributed by atoms with E-state index in [9.17, 15) is 19.2 Å². The van der Waals surface area contributed by atoms with Crippen molar-refractivity contribution in [3.05, 3.63) is 42.0 Å². The lowest BCUT2D eigenvalue weighted by Crippen LogP contribution is -2.54. The van der Waals surface area contributed by atoms with Crippen LogP contribution in [0.5, 0.6) is 0 Å². The summed E-state index contributed by atoms with van der Waals surface area (Å²) in [6.45, 7) is 14.9. The maximum Gasteiger partial charge on any atom is 0.408 e. The highest BCUT2D eigenvalue weighted by atomic mass is 16.6. The maximum absolute atomic E-state index is 14.0. The number of carbonyl (C=O) groups is 4. The van der Waals surface area contributed by atoms with Gasteiger partial charge in [0.05, 0.1) is 6.42 Å². The van der Waals surface area contributed by atoms with Crippen LogP contribution in [0.25, 0.3) is 6.08 Å². The summed E-state index contributed by atoms with van der Waals surface area (Å²) < 4.78 is 5.30. The Morgan fingerprint density at radius 3 is 2.32 bits per heavy atom. The Hall–Kier alpha value is -3.36. The minimum atomic E-state index is -1.30. The van der Waals surface area contributed by atoms with Crippen LogP contribution >= 0.6 is 0 Å². The molecule has 0 heterocycles. The number of primary amides is 1. The summed E-state index contributed by atoms with van der Waals surface area (Å²) in [5.74, 6) is -1.72. The van der Waals surface area contributed by atoms with E-state index in [0.717, 1.165) is 24.8 Å². The van der Waals surface area contributed by atoms with Crippen molar-refractivity contribution < 1.29 is 23.9 Å². The van der Waals surface area contributed by atoms with E-state index in [4.69, 9.17) is 10.5 Å². The zero-order valence-electron chi connectivity index (χ0n) is 23.1. The Labute approximate surface area is 221 Å². The molecule has 2 atom stereocenters. The van der Waals surface area contributed by atoms with Gasteiger partial charge in [0.15, 0.2) is 0 Å². The van der Waals surface area contributed by atoms with Crippen LogP contribution in [0.2, 0.25) is 0 Å². The van der Waals surface area contributed by atoms with Crippen molar-refractivity contribution in [3.8, 4) is 0 Å². The standard InChI is InChI=1S/C28H44N4O5/c1-8-10-11-12-16-32(26(35)22(18-23(29)33)31-27(36)37-28(5,6)7)24(25(34)30-19(3)4)21-15-13-14-20(9-2)17-21/h9,13-15,17,19,22,24H,2,8,10-12,16,18H2,1,3-7H3,(H2,29,33)(H,30,34)(H,31,36). The third-order valence-corrected chi connectivity index (χ3v) is 5.38. The Morgan fingerprint density at radius 1 is 1.11 bits per heavy atom. The summed E-state index contributed by atoms with van der Waals surface area (Å²) in [4.78, 5) is 53.3. The molecule has 0 saturated carbocycles. The molecule has 37 heavy (non-hydrogen) atoms. The fourth-order valence-corrected chi connectivity index (χ4v) is 3.82. The number of nitrogens with one attached hydrogen (secondary N) is 2. The fraction of sp³-hybridized carbons (Fsp3) is 0.571. The second kappa shape index (κ2) is 15.0. The number of carbonyl (C=O) groups excluding carboxylic acids is 4. The first-order chi connectivity index (χ1) is 17.3. The van der Waals surface area contributed by atoms with Crippen molar-refractivity contribution >= 4 is 29.9 Å². The predicted octanol–water partition coefficient (Wildman–Crippen LogP) is 4.07. The van der Waals surface area contributed by atoms with Gasteiger partial charge in [-0.1, -0.05) is 57.0 Å². The van der Waals surface area contributed by atoms with Crippen molar-refractivity contribution in [3.63, 3.8) is 0 Å². The summed E-state index contributed by atoms with van der Waals surface area (Å²) >= 11 is 0. The van der Waals surface area contributed by atoms with Gasteiger partial charge in [-0.15, -0.1) is 0 Å². The summed E-state index contributed by atoms with van der Waals surface area (Å²) in [5.41, 5.74) is 6.00. The molecule has 0 aliphatic heterocycles. The third kappa shape index (κ3) is 11.5. The molecule has 0 aromatic heterocycles. The number of ether oxygens (including phenoxy) is 1. The van der Waals surface area contributed by atoms with Crippen LogP contribution in [0.3, 0.4) is 0 Å². The van der Waals surface area contributed by atoms with Crippen molar-refractivity contribution in [2.75, 3.05) is 6.54 Å². The topological polar surface area (TPSA) is 131 Å². The first-order valence-corrected chi connectivity index (χ1v) is 12.9. The highest BCUT2D eigenvalue weighted by molar-refractivity contribution is 5.94. The van der Waals surface area contributed by atoms with Gasteiger partial charge in [-0.2, -0.15) is 0 Å². The molecule has 1 rings (SSSR count). The highest BCUT2D eigenvalue weighted by Gasteiger charge is 2.37.